The van der Waals surface area contributed by atoms with E-state index in [0.717, 1.165) is 6.07 Å². The third kappa shape index (κ3) is 4.60. The molecule has 160 valence electrons. The smallest absolute Gasteiger partial charge is 0.286 e. The highest BCUT2D eigenvalue weighted by molar-refractivity contribution is 6.07. The van der Waals surface area contributed by atoms with Gasteiger partial charge in [-0.2, -0.15) is 0 Å². The van der Waals surface area contributed by atoms with E-state index in [2.05, 4.69) is 5.32 Å². The van der Waals surface area contributed by atoms with Gasteiger partial charge in [-0.1, -0.05) is 0 Å². The lowest BCUT2D eigenvalue weighted by molar-refractivity contribution is -0.385. The zero-order valence-electron chi connectivity index (χ0n) is 16.6. The molecule has 9 nitrogen and oxygen atoms in total. The maximum absolute atomic E-state index is 14.6. The number of nitrogens with zero attached hydrogens (tertiary/aromatic N) is 2. The van der Waals surface area contributed by atoms with E-state index >= 15 is 0 Å². The van der Waals surface area contributed by atoms with Gasteiger partial charge in [0.2, 0.25) is 0 Å². The summed E-state index contributed by atoms with van der Waals surface area (Å²) in [6.07, 6.45) is 0. The standard InChI is InChI=1S/C20H22FN3O6/c1-3-30-19-11-14(17(24(26)27)12-18(19)28-2)20(25)22-13-4-5-16(15(21)10-13)23-6-8-29-9-7-23/h4-5,10-12H,3,6-9H2,1-2H3,(H,22,25). The Labute approximate surface area is 172 Å². The Morgan fingerprint density at radius 2 is 2.00 bits per heavy atom. The van der Waals surface area contributed by atoms with E-state index in [0.29, 0.717) is 32.0 Å². The minimum atomic E-state index is -0.760. The summed E-state index contributed by atoms with van der Waals surface area (Å²) >= 11 is 0. The number of nitrogens with one attached hydrogen (secondary N) is 1. The Balaban J connectivity index is 1.87. The molecule has 0 aliphatic carbocycles. The van der Waals surface area contributed by atoms with Gasteiger partial charge in [-0.05, 0) is 25.1 Å². The molecule has 0 spiro atoms. The van der Waals surface area contributed by atoms with Crippen molar-refractivity contribution in [2.45, 2.75) is 6.92 Å². The van der Waals surface area contributed by atoms with Crippen LogP contribution >= 0.6 is 0 Å². The normalized spacial score (nSPS) is 13.6. The number of halogens is 1. The molecule has 0 saturated carbocycles. The van der Waals surface area contributed by atoms with E-state index in [4.69, 9.17) is 14.2 Å². The molecule has 2 aromatic carbocycles. The molecule has 0 radical (unpaired) electrons. The van der Waals surface area contributed by atoms with Crippen molar-refractivity contribution in [3.05, 3.63) is 51.8 Å². The monoisotopic (exact) mass is 419 g/mol. The van der Waals surface area contributed by atoms with Gasteiger partial charge in [-0.25, -0.2) is 4.39 Å². The third-order valence-electron chi connectivity index (χ3n) is 4.58. The second kappa shape index (κ2) is 9.40. The summed E-state index contributed by atoms with van der Waals surface area (Å²) in [7, 11) is 1.35. The molecule has 1 aliphatic heterocycles. The van der Waals surface area contributed by atoms with Crippen LogP contribution in [0.1, 0.15) is 17.3 Å². The van der Waals surface area contributed by atoms with Crippen molar-refractivity contribution in [3.8, 4) is 11.5 Å². The molecule has 1 amide bonds. The largest absolute Gasteiger partial charge is 0.493 e. The molecular weight excluding hydrogens is 397 g/mol. The number of carbonyl (C=O) groups excluding carboxylic acids is 1. The van der Waals surface area contributed by atoms with Gasteiger partial charge >= 0.3 is 0 Å². The lowest BCUT2D eigenvalue weighted by Crippen LogP contribution is -2.36. The quantitative estimate of drug-likeness (QED) is 0.543. The van der Waals surface area contributed by atoms with Crippen LogP contribution in [0.25, 0.3) is 0 Å². The first-order valence-corrected chi connectivity index (χ1v) is 9.37. The third-order valence-corrected chi connectivity index (χ3v) is 4.58. The summed E-state index contributed by atoms with van der Waals surface area (Å²) in [5.74, 6) is -0.927. The highest BCUT2D eigenvalue weighted by Crippen LogP contribution is 2.35. The fraction of sp³-hybridized carbons (Fsp3) is 0.350. The van der Waals surface area contributed by atoms with Gasteiger partial charge in [-0.3, -0.25) is 14.9 Å². The molecule has 0 atom stereocenters. The molecule has 0 bridgehead atoms. The minimum Gasteiger partial charge on any atom is -0.493 e. The molecule has 3 rings (SSSR count). The van der Waals surface area contributed by atoms with Gasteiger partial charge in [0.25, 0.3) is 11.6 Å². The second-order valence-electron chi connectivity index (χ2n) is 6.43. The first kappa shape index (κ1) is 21.3. The Morgan fingerprint density at radius 3 is 2.60 bits per heavy atom. The number of hydrogen-bond acceptors (Lipinski definition) is 7. The van der Waals surface area contributed by atoms with E-state index in [1.54, 1.807) is 19.1 Å². The number of carbonyl (C=O) groups is 1. The van der Waals surface area contributed by atoms with Crippen LogP contribution < -0.4 is 19.7 Å². The first-order chi connectivity index (χ1) is 14.4. The number of methoxy groups -OCH3 is 1. The molecule has 10 heteroatoms. The van der Waals surface area contributed by atoms with Crippen LogP contribution in [0.3, 0.4) is 0 Å². The second-order valence-corrected chi connectivity index (χ2v) is 6.43. The van der Waals surface area contributed by atoms with Crippen LogP contribution in [-0.2, 0) is 4.74 Å². The number of nitro benzene ring substituents is 1. The number of morpholine rings is 1. The van der Waals surface area contributed by atoms with Gasteiger partial charge < -0.3 is 24.4 Å². The van der Waals surface area contributed by atoms with Gasteiger partial charge in [-0.15, -0.1) is 0 Å². The van der Waals surface area contributed by atoms with Crippen LogP contribution in [0, 0.1) is 15.9 Å². The van der Waals surface area contributed by atoms with Crippen molar-refractivity contribution in [1.82, 2.24) is 0 Å². The first-order valence-electron chi connectivity index (χ1n) is 9.37. The molecule has 1 fully saturated rings. The van der Waals surface area contributed by atoms with Gasteiger partial charge in [0.1, 0.15) is 11.4 Å². The van der Waals surface area contributed by atoms with E-state index in [-0.39, 0.29) is 29.4 Å². The zero-order valence-corrected chi connectivity index (χ0v) is 16.6. The van der Waals surface area contributed by atoms with Crippen LogP contribution in [0.4, 0.5) is 21.5 Å². The van der Waals surface area contributed by atoms with Gasteiger partial charge in [0.15, 0.2) is 11.5 Å². The fourth-order valence-corrected chi connectivity index (χ4v) is 3.15. The summed E-state index contributed by atoms with van der Waals surface area (Å²) in [6.45, 7) is 4.19. The molecule has 1 N–H and O–H groups in total. The molecule has 1 heterocycles. The predicted molar refractivity (Wildman–Crippen MR) is 108 cm³/mol. The van der Waals surface area contributed by atoms with E-state index in [9.17, 15) is 19.3 Å². The van der Waals surface area contributed by atoms with Crippen LogP contribution in [-0.4, -0.2) is 50.9 Å². The van der Waals surface area contributed by atoms with Crippen molar-refractivity contribution in [2.24, 2.45) is 0 Å². The number of hydrogen-bond donors (Lipinski definition) is 1. The number of benzene rings is 2. The maximum Gasteiger partial charge on any atom is 0.286 e. The number of nitro groups is 1. The van der Waals surface area contributed by atoms with Gasteiger partial charge in [0, 0.05) is 24.8 Å². The number of anilines is 2. The lowest BCUT2D eigenvalue weighted by atomic mass is 10.1. The summed E-state index contributed by atoms with van der Waals surface area (Å²) in [6, 6.07) is 6.66. The summed E-state index contributed by atoms with van der Waals surface area (Å²) in [5, 5.41) is 14.0. The summed E-state index contributed by atoms with van der Waals surface area (Å²) in [5.41, 5.74) is -0.0805. The van der Waals surface area contributed by atoms with E-state index < -0.39 is 22.3 Å². The summed E-state index contributed by atoms with van der Waals surface area (Å²) < 4.78 is 30.4. The lowest BCUT2D eigenvalue weighted by Gasteiger charge is -2.29. The minimum absolute atomic E-state index is 0.140. The van der Waals surface area contributed by atoms with Crippen molar-refractivity contribution in [2.75, 3.05) is 50.2 Å². The van der Waals surface area contributed by atoms with Crippen LogP contribution in [0.5, 0.6) is 11.5 Å². The number of amides is 1. The van der Waals surface area contributed by atoms with E-state index in [1.165, 1.54) is 19.2 Å². The molecule has 2 aromatic rings. The molecule has 30 heavy (non-hydrogen) atoms. The number of ether oxygens (including phenoxy) is 3. The SMILES string of the molecule is CCOc1cc(C(=O)Nc2ccc(N3CCOCC3)c(F)c2)c([N+](=O)[O-])cc1OC. The Hall–Kier alpha value is -3.40. The Kier molecular flexibility index (Phi) is 6.68. The highest BCUT2D eigenvalue weighted by Gasteiger charge is 2.25. The average Bonchev–Trinajstić information content (AvgIpc) is 2.74. The molecule has 0 unspecified atom stereocenters. The van der Waals surface area contributed by atoms with Gasteiger partial charge in [0.05, 0.1) is 43.6 Å². The Morgan fingerprint density at radius 1 is 1.27 bits per heavy atom. The molecule has 1 saturated heterocycles. The maximum atomic E-state index is 14.6. The molecule has 0 aromatic heterocycles. The predicted octanol–water partition coefficient (Wildman–Crippen LogP) is 3.23. The van der Waals surface area contributed by atoms with Crippen molar-refractivity contribution >= 4 is 23.0 Å². The average molecular weight is 419 g/mol. The Bertz CT molecular complexity index is 946. The fourth-order valence-electron chi connectivity index (χ4n) is 3.15. The zero-order chi connectivity index (χ0) is 21.7. The molecular formula is C20H22FN3O6. The van der Waals surface area contributed by atoms with Crippen molar-refractivity contribution in [3.63, 3.8) is 0 Å². The highest BCUT2D eigenvalue weighted by atomic mass is 19.1. The van der Waals surface area contributed by atoms with Crippen molar-refractivity contribution < 1.29 is 28.3 Å². The number of rotatable bonds is 7. The van der Waals surface area contributed by atoms with E-state index in [1.807, 2.05) is 4.90 Å². The topological polar surface area (TPSA) is 103 Å². The van der Waals surface area contributed by atoms with Crippen LogP contribution in [0.2, 0.25) is 0 Å². The van der Waals surface area contributed by atoms with Crippen molar-refractivity contribution in [1.29, 1.82) is 0 Å². The van der Waals surface area contributed by atoms with Crippen LogP contribution in [0.15, 0.2) is 30.3 Å². The molecule has 1 aliphatic rings. The summed E-state index contributed by atoms with van der Waals surface area (Å²) in [4.78, 5) is 25.3.